The van der Waals surface area contributed by atoms with Crippen molar-refractivity contribution < 1.29 is 5.11 Å². The van der Waals surface area contributed by atoms with Gasteiger partial charge in [-0.2, -0.15) is 0 Å². The van der Waals surface area contributed by atoms with Crippen LogP contribution >= 0.6 is 15.9 Å². The zero-order valence-corrected chi connectivity index (χ0v) is 15.2. The lowest BCUT2D eigenvalue weighted by Crippen LogP contribution is -2.35. The molecule has 0 saturated carbocycles. The Balaban J connectivity index is 1.75. The standard InChI is InChI=1S/C20H18BrN3O/c21-18-7-5-17(6-8-18)20(25,13-23-12-10-22-15-23)14-24-11-9-16-3-1-2-4-19(16)24/h1-12,15,25H,13-14H2. The average Bonchev–Trinajstić information content (AvgIpc) is 3.26. The van der Waals surface area contributed by atoms with Crippen LogP contribution in [0.5, 0.6) is 0 Å². The van der Waals surface area contributed by atoms with Gasteiger partial charge in [-0.3, -0.25) is 0 Å². The predicted molar refractivity (Wildman–Crippen MR) is 102 cm³/mol. The van der Waals surface area contributed by atoms with E-state index in [9.17, 15) is 5.11 Å². The Hall–Kier alpha value is -2.37. The highest BCUT2D eigenvalue weighted by molar-refractivity contribution is 9.10. The molecule has 4 nitrogen and oxygen atoms in total. The van der Waals surface area contributed by atoms with E-state index in [1.165, 1.54) is 5.39 Å². The Morgan fingerprint density at radius 3 is 2.52 bits per heavy atom. The van der Waals surface area contributed by atoms with Gasteiger partial charge >= 0.3 is 0 Å². The third-order valence-electron chi connectivity index (χ3n) is 4.50. The SMILES string of the molecule is OC(Cn1ccnc1)(Cn1ccc2ccccc21)c1ccc(Br)cc1. The fourth-order valence-corrected chi connectivity index (χ4v) is 3.50. The Morgan fingerprint density at radius 2 is 1.76 bits per heavy atom. The Morgan fingerprint density at radius 1 is 0.960 bits per heavy atom. The van der Waals surface area contributed by atoms with Crippen LogP contribution in [0.1, 0.15) is 5.56 Å². The summed E-state index contributed by atoms with van der Waals surface area (Å²) >= 11 is 3.46. The van der Waals surface area contributed by atoms with Crippen LogP contribution in [-0.2, 0) is 18.7 Å². The van der Waals surface area contributed by atoms with E-state index in [1.807, 2.05) is 53.4 Å². The number of para-hydroxylation sites is 1. The van der Waals surface area contributed by atoms with E-state index in [4.69, 9.17) is 0 Å². The highest BCUT2D eigenvalue weighted by Gasteiger charge is 2.31. The monoisotopic (exact) mass is 395 g/mol. The second-order valence-electron chi connectivity index (χ2n) is 6.28. The summed E-state index contributed by atoms with van der Waals surface area (Å²) in [5.41, 5.74) is 0.939. The summed E-state index contributed by atoms with van der Waals surface area (Å²) in [6, 6.07) is 18.1. The highest BCUT2D eigenvalue weighted by Crippen LogP contribution is 2.29. The van der Waals surface area contributed by atoms with E-state index >= 15 is 0 Å². The summed E-state index contributed by atoms with van der Waals surface area (Å²) in [7, 11) is 0. The van der Waals surface area contributed by atoms with E-state index in [1.54, 1.807) is 12.5 Å². The first-order valence-corrected chi connectivity index (χ1v) is 8.91. The fourth-order valence-electron chi connectivity index (χ4n) is 3.24. The summed E-state index contributed by atoms with van der Waals surface area (Å²) in [6.45, 7) is 0.890. The molecule has 4 aromatic rings. The first-order valence-electron chi connectivity index (χ1n) is 8.12. The average molecular weight is 396 g/mol. The normalized spacial score (nSPS) is 13.8. The van der Waals surface area contributed by atoms with E-state index in [-0.39, 0.29) is 0 Å². The van der Waals surface area contributed by atoms with Crippen molar-refractivity contribution in [3.8, 4) is 0 Å². The summed E-state index contributed by atoms with van der Waals surface area (Å²) in [6.07, 6.45) is 7.37. The molecule has 1 N–H and O–H groups in total. The molecule has 5 heteroatoms. The number of aliphatic hydroxyl groups is 1. The van der Waals surface area contributed by atoms with Crippen LogP contribution in [0.2, 0.25) is 0 Å². The maximum Gasteiger partial charge on any atom is 0.125 e. The van der Waals surface area contributed by atoms with Gasteiger partial charge < -0.3 is 14.2 Å². The summed E-state index contributed by atoms with van der Waals surface area (Å²) < 4.78 is 5.01. The Bertz CT molecular complexity index is 976. The van der Waals surface area contributed by atoms with Gasteiger partial charge in [0.2, 0.25) is 0 Å². The van der Waals surface area contributed by atoms with E-state index in [0.717, 1.165) is 15.6 Å². The summed E-state index contributed by atoms with van der Waals surface area (Å²) in [5, 5.41) is 12.8. The fraction of sp³-hybridized carbons (Fsp3) is 0.150. The molecule has 0 aliphatic carbocycles. The minimum absolute atomic E-state index is 0.432. The molecular weight excluding hydrogens is 378 g/mol. The van der Waals surface area contributed by atoms with Gasteiger partial charge in [0.25, 0.3) is 0 Å². The number of halogens is 1. The number of hydrogen-bond donors (Lipinski definition) is 1. The molecule has 126 valence electrons. The van der Waals surface area contributed by atoms with Crippen molar-refractivity contribution in [1.29, 1.82) is 0 Å². The number of nitrogens with zero attached hydrogens (tertiary/aromatic N) is 3. The second kappa shape index (κ2) is 6.50. The maximum absolute atomic E-state index is 11.6. The zero-order valence-electron chi connectivity index (χ0n) is 13.6. The van der Waals surface area contributed by atoms with Crippen LogP contribution in [0.25, 0.3) is 10.9 Å². The number of hydrogen-bond acceptors (Lipinski definition) is 2. The van der Waals surface area contributed by atoms with Gasteiger partial charge in [0.1, 0.15) is 5.60 Å². The zero-order chi connectivity index (χ0) is 17.3. The smallest absolute Gasteiger partial charge is 0.125 e. The molecule has 4 rings (SSSR count). The number of benzene rings is 2. The molecule has 0 bridgehead atoms. The van der Waals surface area contributed by atoms with Crippen molar-refractivity contribution in [3.05, 3.63) is 89.6 Å². The lowest BCUT2D eigenvalue weighted by molar-refractivity contribution is 0.00208. The first kappa shape index (κ1) is 16.1. The maximum atomic E-state index is 11.6. The van der Waals surface area contributed by atoms with Crippen molar-refractivity contribution in [2.45, 2.75) is 18.7 Å². The van der Waals surface area contributed by atoms with Crippen LogP contribution in [0.3, 0.4) is 0 Å². The molecule has 0 aliphatic rings. The number of rotatable bonds is 5. The largest absolute Gasteiger partial charge is 0.381 e. The highest BCUT2D eigenvalue weighted by atomic mass is 79.9. The van der Waals surface area contributed by atoms with Crippen molar-refractivity contribution in [2.24, 2.45) is 0 Å². The molecule has 25 heavy (non-hydrogen) atoms. The third kappa shape index (κ3) is 3.25. The van der Waals surface area contributed by atoms with Gasteiger partial charge in [-0.05, 0) is 35.2 Å². The molecule has 2 aromatic carbocycles. The Labute approximate surface area is 154 Å². The van der Waals surface area contributed by atoms with Gasteiger partial charge in [-0.1, -0.05) is 46.3 Å². The number of aromatic nitrogens is 3. The van der Waals surface area contributed by atoms with E-state index in [2.05, 4.69) is 43.7 Å². The molecule has 2 aromatic heterocycles. The molecule has 0 saturated heterocycles. The molecule has 0 fully saturated rings. The van der Waals surface area contributed by atoms with Gasteiger partial charge in [-0.15, -0.1) is 0 Å². The van der Waals surface area contributed by atoms with E-state index < -0.39 is 5.60 Å². The van der Waals surface area contributed by atoms with Gasteiger partial charge in [0, 0.05) is 28.6 Å². The molecule has 0 radical (unpaired) electrons. The minimum atomic E-state index is -1.05. The summed E-state index contributed by atoms with van der Waals surface area (Å²) in [5.74, 6) is 0. The molecule has 1 unspecified atom stereocenters. The lowest BCUT2D eigenvalue weighted by atomic mass is 9.93. The number of imidazole rings is 1. The molecule has 0 amide bonds. The molecule has 0 spiro atoms. The van der Waals surface area contributed by atoms with Crippen LogP contribution in [0.4, 0.5) is 0 Å². The van der Waals surface area contributed by atoms with Crippen molar-refractivity contribution in [1.82, 2.24) is 14.1 Å². The van der Waals surface area contributed by atoms with E-state index in [0.29, 0.717) is 13.1 Å². The quantitative estimate of drug-likeness (QED) is 0.550. The van der Waals surface area contributed by atoms with Gasteiger partial charge in [0.15, 0.2) is 0 Å². The summed E-state index contributed by atoms with van der Waals surface area (Å²) in [4.78, 5) is 4.10. The molecule has 0 aliphatic heterocycles. The van der Waals surface area contributed by atoms with Gasteiger partial charge in [0.05, 0.1) is 19.4 Å². The third-order valence-corrected chi connectivity index (χ3v) is 5.03. The molecule has 2 heterocycles. The van der Waals surface area contributed by atoms with Crippen LogP contribution in [0, 0.1) is 0 Å². The predicted octanol–water partition coefficient (Wildman–Crippen LogP) is 4.19. The molecular formula is C20H18BrN3O. The lowest BCUT2D eigenvalue weighted by Gasteiger charge is -2.30. The van der Waals surface area contributed by atoms with Crippen molar-refractivity contribution in [2.75, 3.05) is 0 Å². The topological polar surface area (TPSA) is 43.0 Å². The second-order valence-corrected chi connectivity index (χ2v) is 7.19. The minimum Gasteiger partial charge on any atom is -0.381 e. The van der Waals surface area contributed by atoms with Gasteiger partial charge in [-0.25, -0.2) is 4.98 Å². The van der Waals surface area contributed by atoms with Crippen LogP contribution in [-0.4, -0.2) is 19.2 Å². The van der Waals surface area contributed by atoms with Crippen LogP contribution in [0.15, 0.2) is 84.0 Å². The Kier molecular flexibility index (Phi) is 4.19. The molecule has 1 atom stereocenters. The van der Waals surface area contributed by atoms with Crippen molar-refractivity contribution in [3.63, 3.8) is 0 Å². The van der Waals surface area contributed by atoms with Crippen molar-refractivity contribution >= 4 is 26.8 Å². The first-order chi connectivity index (χ1) is 12.1. The van der Waals surface area contributed by atoms with Crippen LogP contribution < -0.4 is 0 Å². The number of fused-ring (bicyclic) bond motifs is 1.